The number of primary sulfonamides is 1. The summed E-state index contributed by atoms with van der Waals surface area (Å²) in [6.07, 6.45) is -1.23. The second kappa shape index (κ2) is 8.63. The van der Waals surface area contributed by atoms with Crippen LogP contribution in [-0.2, 0) is 24.3 Å². The van der Waals surface area contributed by atoms with E-state index in [-0.39, 0.29) is 21.7 Å². The fourth-order valence-electron chi connectivity index (χ4n) is 2.22. The van der Waals surface area contributed by atoms with Crippen molar-refractivity contribution in [2.45, 2.75) is 17.9 Å². The lowest BCUT2D eigenvalue weighted by Gasteiger charge is -2.15. The van der Waals surface area contributed by atoms with Crippen molar-refractivity contribution in [3.05, 3.63) is 59.7 Å². The van der Waals surface area contributed by atoms with Crippen molar-refractivity contribution in [2.75, 3.05) is 12.4 Å². The summed E-state index contributed by atoms with van der Waals surface area (Å²) in [5, 5.41) is 7.48. The van der Waals surface area contributed by atoms with E-state index >= 15 is 0 Å². The van der Waals surface area contributed by atoms with Crippen molar-refractivity contribution in [2.24, 2.45) is 5.14 Å². The van der Waals surface area contributed by atoms with Gasteiger partial charge in [0, 0.05) is 5.69 Å². The Morgan fingerprint density at radius 3 is 2.18 bits per heavy atom. The van der Waals surface area contributed by atoms with E-state index in [0.717, 1.165) is 0 Å². The summed E-state index contributed by atoms with van der Waals surface area (Å²) in [6, 6.07) is 11.2. The SMILES string of the molecule is COC(=O)c1ccccc1C(=O)OC(C)C(=O)Nc1cccc(S(N)(=O)=O)c1. The number of amides is 1. The molecule has 0 aromatic heterocycles. The normalized spacial score (nSPS) is 12.0. The van der Waals surface area contributed by atoms with Crippen LogP contribution >= 0.6 is 0 Å². The van der Waals surface area contributed by atoms with Gasteiger partial charge in [-0.15, -0.1) is 0 Å². The summed E-state index contributed by atoms with van der Waals surface area (Å²) in [5.41, 5.74) is 0.114. The Bertz CT molecular complexity index is 1020. The van der Waals surface area contributed by atoms with Gasteiger partial charge >= 0.3 is 11.9 Å². The summed E-state index contributed by atoms with van der Waals surface area (Å²) in [7, 11) is -2.76. The average molecular weight is 406 g/mol. The van der Waals surface area contributed by atoms with Crippen LogP contribution in [0, 0.1) is 0 Å². The molecule has 28 heavy (non-hydrogen) atoms. The molecule has 0 saturated heterocycles. The Morgan fingerprint density at radius 2 is 1.61 bits per heavy atom. The van der Waals surface area contributed by atoms with Gasteiger partial charge < -0.3 is 14.8 Å². The number of sulfonamides is 1. The van der Waals surface area contributed by atoms with Crippen LogP contribution < -0.4 is 10.5 Å². The van der Waals surface area contributed by atoms with Crippen LogP contribution in [0.5, 0.6) is 0 Å². The average Bonchev–Trinajstić information content (AvgIpc) is 2.66. The molecule has 2 rings (SSSR count). The molecule has 0 heterocycles. The van der Waals surface area contributed by atoms with E-state index in [1.807, 2.05) is 0 Å². The zero-order valence-electron chi connectivity index (χ0n) is 15.0. The van der Waals surface area contributed by atoms with Crippen molar-refractivity contribution >= 4 is 33.6 Å². The van der Waals surface area contributed by atoms with Gasteiger partial charge in [0.25, 0.3) is 5.91 Å². The first-order valence-corrected chi connectivity index (χ1v) is 9.50. The summed E-state index contributed by atoms with van der Waals surface area (Å²) >= 11 is 0. The first kappa shape index (κ1) is 21.1. The molecule has 1 amide bonds. The number of carbonyl (C=O) groups is 3. The number of anilines is 1. The van der Waals surface area contributed by atoms with Gasteiger partial charge in [-0.3, -0.25) is 4.79 Å². The minimum atomic E-state index is -3.93. The van der Waals surface area contributed by atoms with Crippen molar-refractivity contribution in [1.29, 1.82) is 0 Å². The maximum atomic E-state index is 12.3. The number of carbonyl (C=O) groups excluding carboxylic acids is 3. The standard InChI is InChI=1S/C18H18N2O7S/c1-11(16(21)20-12-6-5-7-13(10-12)28(19,24)25)27-18(23)15-9-4-3-8-14(15)17(22)26-2/h3-11H,1-2H3,(H,20,21)(H2,19,24,25). The van der Waals surface area contributed by atoms with Crippen LogP contribution in [-0.4, -0.2) is 39.5 Å². The third kappa shape index (κ3) is 5.15. The van der Waals surface area contributed by atoms with Crippen molar-refractivity contribution in [1.82, 2.24) is 0 Å². The maximum absolute atomic E-state index is 12.3. The van der Waals surface area contributed by atoms with E-state index in [0.29, 0.717) is 0 Å². The molecule has 9 nitrogen and oxygen atoms in total. The predicted octanol–water partition coefficient (Wildman–Crippen LogP) is 1.30. The van der Waals surface area contributed by atoms with Crippen LogP contribution in [0.2, 0.25) is 0 Å². The minimum Gasteiger partial charge on any atom is -0.465 e. The van der Waals surface area contributed by atoms with Gasteiger partial charge in [0.1, 0.15) is 0 Å². The molecular weight excluding hydrogens is 388 g/mol. The molecule has 1 unspecified atom stereocenters. The molecule has 2 aromatic carbocycles. The third-order valence-corrected chi connectivity index (χ3v) is 4.55. The number of nitrogens with two attached hydrogens (primary N) is 1. The lowest BCUT2D eigenvalue weighted by molar-refractivity contribution is -0.123. The Balaban J connectivity index is 2.11. The molecule has 2 aromatic rings. The lowest BCUT2D eigenvalue weighted by atomic mass is 10.1. The van der Waals surface area contributed by atoms with Crippen molar-refractivity contribution in [3.8, 4) is 0 Å². The smallest absolute Gasteiger partial charge is 0.339 e. The van der Waals surface area contributed by atoms with Gasteiger partial charge in [-0.1, -0.05) is 18.2 Å². The predicted molar refractivity (Wildman–Crippen MR) is 99.1 cm³/mol. The second-order valence-electron chi connectivity index (χ2n) is 5.65. The molecule has 0 radical (unpaired) electrons. The fourth-order valence-corrected chi connectivity index (χ4v) is 2.78. The van der Waals surface area contributed by atoms with E-state index in [1.54, 1.807) is 6.07 Å². The quantitative estimate of drug-likeness (QED) is 0.689. The molecule has 0 spiro atoms. The highest BCUT2D eigenvalue weighted by atomic mass is 32.2. The minimum absolute atomic E-state index is 0.00321. The molecule has 3 N–H and O–H groups in total. The zero-order valence-corrected chi connectivity index (χ0v) is 15.9. The Morgan fingerprint density at radius 1 is 1.00 bits per heavy atom. The first-order valence-electron chi connectivity index (χ1n) is 7.95. The molecule has 0 aliphatic rings. The molecule has 0 saturated carbocycles. The number of methoxy groups -OCH3 is 1. The maximum Gasteiger partial charge on any atom is 0.339 e. The number of hydrogen-bond acceptors (Lipinski definition) is 7. The van der Waals surface area contributed by atoms with Gasteiger partial charge in [-0.2, -0.15) is 0 Å². The largest absolute Gasteiger partial charge is 0.465 e. The van der Waals surface area contributed by atoms with Gasteiger partial charge in [0.15, 0.2) is 6.10 Å². The zero-order chi connectivity index (χ0) is 20.9. The second-order valence-corrected chi connectivity index (χ2v) is 7.21. The van der Waals surface area contributed by atoms with Crippen LogP contribution in [0.4, 0.5) is 5.69 Å². The molecule has 1 atom stereocenters. The summed E-state index contributed by atoms with van der Waals surface area (Å²) in [5.74, 6) is -2.30. The van der Waals surface area contributed by atoms with Crippen LogP contribution in [0.25, 0.3) is 0 Å². The molecule has 0 aliphatic heterocycles. The number of hydrogen-bond donors (Lipinski definition) is 2. The lowest BCUT2D eigenvalue weighted by Crippen LogP contribution is -2.30. The van der Waals surface area contributed by atoms with E-state index in [1.165, 1.54) is 56.5 Å². The Labute approximate surface area is 161 Å². The Kier molecular flexibility index (Phi) is 6.49. The molecule has 0 aliphatic carbocycles. The van der Waals surface area contributed by atoms with Crippen molar-refractivity contribution < 1.29 is 32.3 Å². The number of rotatable bonds is 6. The summed E-state index contributed by atoms with van der Waals surface area (Å²) in [6.45, 7) is 1.33. The number of nitrogens with one attached hydrogen (secondary N) is 1. The van der Waals surface area contributed by atoms with Crippen LogP contribution in [0.15, 0.2) is 53.4 Å². The van der Waals surface area contributed by atoms with Gasteiger partial charge in [0.05, 0.1) is 23.1 Å². The molecule has 148 valence electrons. The van der Waals surface area contributed by atoms with E-state index in [9.17, 15) is 22.8 Å². The van der Waals surface area contributed by atoms with E-state index < -0.39 is 34.0 Å². The highest BCUT2D eigenvalue weighted by molar-refractivity contribution is 7.89. The molecule has 0 fully saturated rings. The van der Waals surface area contributed by atoms with Crippen LogP contribution in [0.3, 0.4) is 0 Å². The summed E-state index contributed by atoms with van der Waals surface area (Å²) in [4.78, 5) is 36.2. The number of ether oxygens (including phenoxy) is 2. The van der Waals surface area contributed by atoms with Crippen molar-refractivity contribution in [3.63, 3.8) is 0 Å². The molecule has 10 heteroatoms. The van der Waals surface area contributed by atoms with E-state index in [2.05, 4.69) is 10.1 Å². The monoisotopic (exact) mass is 406 g/mol. The van der Waals surface area contributed by atoms with Gasteiger partial charge in [0.2, 0.25) is 10.0 Å². The van der Waals surface area contributed by atoms with Gasteiger partial charge in [-0.25, -0.2) is 23.1 Å². The molecular formula is C18H18N2O7S. The highest BCUT2D eigenvalue weighted by Gasteiger charge is 2.23. The fraction of sp³-hybridized carbons (Fsp3) is 0.167. The number of esters is 2. The topological polar surface area (TPSA) is 142 Å². The number of benzene rings is 2. The highest BCUT2D eigenvalue weighted by Crippen LogP contribution is 2.16. The summed E-state index contributed by atoms with van der Waals surface area (Å²) < 4.78 is 32.5. The molecule has 0 bridgehead atoms. The Hall–Kier alpha value is -3.24. The third-order valence-electron chi connectivity index (χ3n) is 3.64. The van der Waals surface area contributed by atoms with E-state index in [4.69, 9.17) is 9.88 Å². The first-order chi connectivity index (χ1) is 13.1. The van der Waals surface area contributed by atoms with Crippen LogP contribution in [0.1, 0.15) is 27.6 Å². The van der Waals surface area contributed by atoms with Gasteiger partial charge in [-0.05, 0) is 37.3 Å².